The molecule has 0 fully saturated rings. The lowest BCUT2D eigenvalue weighted by Crippen LogP contribution is -2.07. The van der Waals surface area contributed by atoms with Crippen LogP contribution in [0.4, 0.5) is 5.69 Å². The Morgan fingerprint density at radius 1 is 1.38 bits per heavy atom. The molecule has 0 aromatic heterocycles. The summed E-state index contributed by atoms with van der Waals surface area (Å²) in [7, 11) is 0. The third-order valence-corrected chi connectivity index (χ3v) is 1.79. The van der Waals surface area contributed by atoms with Gasteiger partial charge in [-0.1, -0.05) is 12.1 Å². The van der Waals surface area contributed by atoms with Crippen LogP contribution < -0.4 is 11.3 Å². The maximum Gasteiger partial charge on any atom is 0.0932 e. The van der Waals surface area contributed by atoms with Crippen LogP contribution in [0.25, 0.3) is 0 Å². The SMILES string of the molecule is N.O=NN(O)c1ccc(CS)cc1. The Hall–Kier alpha value is -1.11. The van der Waals surface area contributed by atoms with Gasteiger partial charge in [0.2, 0.25) is 0 Å². The summed E-state index contributed by atoms with van der Waals surface area (Å²) < 4.78 is 0. The van der Waals surface area contributed by atoms with Gasteiger partial charge in [0.15, 0.2) is 0 Å². The lowest BCUT2D eigenvalue weighted by Gasteiger charge is -2.05. The first-order chi connectivity index (χ1) is 5.77. The van der Waals surface area contributed by atoms with Crippen molar-refractivity contribution in [2.45, 2.75) is 5.75 Å². The van der Waals surface area contributed by atoms with Gasteiger partial charge in [-0.05, 0) is 17.7 Å². The average molecular weight is 201 g/mol. The summed E-state index contributed by atoms with van der Waals surface area (Å²) in [6.45, 7) is 0. The quantitative estimate of drug-likeness (QED) is 0.397. The highest BCUT2D eigenvalue weighted by Gasteiger charge is 2.00. The third kappa shape index (κ3) is 3.02. The zero-order chi connectivity index (χ0) is 8.97. The number of nitroso groups, excluding NO2 is 1. The van der Waals surface area contributed by atoms with Crippen LogP contribution in [0, 0.1) is 4.91 Å². The van der Waals surface area contributed by atoms with E-state index in [4.69, 9.17) is 5.21 Å². The van der Waals surface area contributed by atoms with E-state index in [0.29, 0.717) is 11.4 Å². The number of hydrogen-bond donors (Lipinski definition) is 3. The standard InChI is InChI=1S/C7H8N2O2S.H3N/c10-8-9(11)7-3-1-6(5-12)2-4-7;/h1-4,11-12H,5H2;1H3. The van der Waals surface area contributed by atoms with Crippen molar-refractivity contribution in [3.05, 3.63) is 34.7 Å². The Balaban J connectivity index is 0.00000144. The molecule has 4 N–H and O–H groups in total. The molecule has 0 aliphatic rings. The number of benzene rings is 1. The molecular weight excluding hydrogens is 190 g/mol. The molecule has 0 bridgehead atoms. The molecular formula is C7H11N3O2S. The van der Waals surface area contributed by atoms with Crippen molar-refractivity contribution >= 4 is 18.3 Å². The van der Waals surface area contributed by atoms with Crippen molar-refractivity contribution in [1.82, 2.24) is 6.15 Å². The second-order valence-electron chi connectivity index (χ2n) is 2.20. The first-order valence-corrected chi connectivity index (χ1v) is 3.93. The molecule has 0 aliphatic heterocycles. The van der Waals surface area contributed by atoms with Crippen LogP contribution in [0.15, 0.2) is 29.6 Å². The van der Waals surface area contributed by atoms with E-state index >= 15 is 0 Å². The molecule has 72 valence electrons. The van der Waals surface area contributed by atoms with Crippen molar-refractivity contribution in [1.29, 1.82) is 0 Å². The van der Waals surface area contributed by atoms with E-state index in [-0.39, 0.29) is 11.3 Å². The highest BCUT2D eigenvalue weighted by molar-refractivity contribution is 7.79. The summed E-state index contributed by atoms with van der Waals surface area (Å²) in [5.41, 5.74) is 1.36. The van der Waals surface area contributed by atoms with Gasteiger partial charge in [0.1, 0.15) is 0 Å². The van der Waals surface area contributed by atoms with E-state index in [1.165, 1.54) is 0 Å². The Labute approximate surface area is 81.3 Å². The largest absolute Gasteiger partial charge is 0.344 e. The van der Waals surface area contributed by atoms with Crippen molar-refractivity contribution in [2.75, 3.05) is 5.17 Å². The Bertz CT molecular complexity index is 265. The fourth-order valence-electron chi connectivity index (χ4n) is 0.782. The fraction of sp³-hybridized carbons (Fsp3) is 0.143. The van der Waals surface area contributed by atoms with E-state index in [1.807, 2.05) is 0 Å². The topological polar surface area (TPSA) is 87.9 Å². The van der Waals surface area contributed by atoms with Crippen molar-refractivity contribution in [3.63, 3.8) is 0 Å². The van der Waals surface area contributed by atoms with Gasteiger partial charge in [-0.15, -0.1) is 10.1 Å². The fourth-order valence-corrected chi connectivity index (χ4v) is 0.993. The first-order valence-electron chi connectivity index (χ1n) is 3.30. The van der Waals surface area contributed by atoms with E-state index in [2.05, 4.69) is 17.9 Å². The summed E-state index contributed by atoms with van der Waals surface area (Å²) in [6, 6.07) is 6.70. The van der Waals surface area contributed by atoms with Crippen molar-refractivity contribution in [2.24, 2.45) is 5.29 Å². The van der Waals surface area contributed by atoms with Gasteiger partial charge in [0.25, 0.3) is 0 Å². The van der Waals surface area contributed by atoms with Gasteiger partial charge < -0.3 is 6.15 Å². The van der Waals surface area contributed by atoms with E-state index in [1.54, 1.807) is 24.3 Å². The Morgan fingerprint density at radius 3 is 2.31 bits per heavy atom. The number of thiol groups is 1. The molecule has 5 nitrogen and oxygen atoms in total. The molecule has 13 heavy (non-hydrogen) atoms. The minimum atomic E-state index is 0. The lowest BCUT2D eigenvalue weighted by atomic mass is 10.2. The lowest BCUT2D eigenvalue weighted by molar-refractivity contribution is 0.258. The minimum Gasteiger partial charge on any atom is -0.344 e. The number of anilines is 1. The Morgan fingerprint density at radius 2 is 1.92 bits per heavy atom. The van der Waals surface area contributed by atoms with E-state index in [0.717, 1.165) is 5.56 Å². The highest BCUT2D eigenvalue weighted by Crippen LogP contribution is 2.14. The zero-order valence-electron chi connectivity index (χ0n) is 6.92. The number of nitrogens with zero attached hydrogens (tertiary/aromatic N) is 2. The molecule has 0 amide bonds. The molecule has 1 rings (SSSR count). The van der Waals surface area contributed by atoms with Crippen LogP contribution in [0.3, 0.4) is 0 Å². The van der Waals surface area contributed by atoms with Crippen molar-refractivity contribution < 1.29 is 5.21 Å². The zero-order valence-corrected chi connectivity index (χ0v) is 7.82. The molecule has 6 heteroatoms. The molecule has 0 aliphatic carbocycles. The summed E-state index contributed by atoms with van der Waals surface area (Å²) in [4.78, 5) is 9.87. The predicted molar refractivity (Wildman–Crippen MR) is 54.2 cm³/mol. The maximum atomic E-state index is 9.87. The van der Waals surface area contributed by atoms with Gasteiger partial charge in [0.05, 0.1) is 11.0 Å². The molecule has 0 atom stereocenters. The van der Waals surface area contributed by atoms with Crippen LogP contribution in [-0.4, -0.2) is 5.21 Å². The normalized spacial score (nSPS) is 8.77. The number of hydrogen-bond acceptors (Lipinski definition) is 5. The van der Waals surface area contributed by atoms with Crippen LogP contribution in [0.5, 0.6) is 0 Å². The summed E-state index contributed by atoms with van der Waals surface area (Å²) in [5, 5.41) is 11.4. The second-order valence-corrected chi connectivity index (χ2v) is 2.51. The molecule has 0 saturated carbocycles. The Kier molecular flexibility index (Phi) is 5.05. The smallest absolute Gasteiger partial charge is 0.0932 e. The van der Waals surface area contributed by atoms with Crippen LogP contribution in [0.2, 0.25) is 0 Å². The van der Waals surface area contributed by atoms with Gasteiger partial charge in [-0.3, -0.25) is 5.21 Å². The molecule has 0 heterocycles. The summed E-state index contributed by atoms with van der Waals surface area (Å²) >= 11 is 4.06. The monoisotopic (exact) mass is 201 g/mol. The summed E-state index contributed by atoms with van der Waals surface area (Å²) in [6.07, 6.45) is 0. The van der Waals surface area contributed by atoms with Crippen LogP contribution in [0.1, 0.15) is 5.56 Å². The minimum absolute atomic E-state index is 0. The molecule has 1 aromatic carbocycles. The number of rotatable bonds is 3. The molecule has 0 saturated heterocycles. The van der Waals surface area contributed by atoms with Gasteiger partial charge in [-0.25, -0.2) is 0 Å². The van der Waals surface area contributed by atoms with Crippen molar-refractivity contribution in [3.8, 4) is 0 Å². The van der Waals surface area contributed by atoms with E-state index < -0.39 is 0 Å². The van der Waals surface area contributed by atoms with Gasteiger partial charge in [0, 0.05) is 5.75 Å². The second kappa shape index (κ2) is 5.52. The van der Waals surface area contributed by atoms with E-state index in [9.17, 15) is 4.91 Å². The average Bonchev–Trinajstić information content (AvgIpc) is 2.17. The third-order valence-electron chi connectivity index (χ3n) is 1.43. The highest BCUT2D eigenvalue weighted by atomic mass is 32.1. The molecule has 0 radical (unpaired) electrons. The van der Waals surface area contributed by atoms with Gasteiger partial charge in [-0.2, -0.15) is 12.6 Å². The van der Waals surface area contributed by atoms with Crippen LogP contribution >= 0.6 is 12.6 Å². The molecule has 0 unspecified atom stereocenters. The maximum absolute atomic E-state index is 9.87. The van der Waals surface area contributed by atoms with Crippen LogP contribution in [-0.2, 0) is 5.75 Å². The predicted octanol–water partition coefficient (Wildman–Crippen LogP) is 2.16. The molecule has 1 aromatic rings. The van der Waals surface area contributed by atoms with Gasteiger partial charge >= 0.3 is 0 Å². The summed E-state index contributed by atoms with van der Waals surface area (Å²) in [5.74, 6) is 0.625. The first kappa shape index (κ1) is 11.9. The molecule has 0 spiro atoms.